The Morgan fingerprint density at radius 3 is 2.62 bits per heavy atom. The number of thioether (sulfide) groups is 1. The zero-order valence-electron chi connectivity index (χ0n) is 19.3. The van der Waals surface area contributed by atoms with Gasteiger partial charge in [-0.2, -0.15) is 0 Å². The molecule has 0 aliphatic carbocycles. The highest BCUT2D eigenvalue weighted by molar-refractivity contribution is 14.0. The Kier molecular flexibility index (Phi) is 12.4. The monoisotopic (exact) mass is 573 g/mol. The number of aliphatic imine (C=N–C) groups is 1. The molecule has 1 saturated heterocycles. The normalized spacial score (nSPS) is 15.8. The van der Waals surface area contributed by atoms with Gasteiger partial charge in [0.05, 0.1) is 13.2 Å². The number of nitrogens with one attached hydrogen (secondary N) is 2. The van der Waals surface area contributed by atoms with Crippen molar-refractivity contribution in [2.45, 2.75) is 37.0 Å². The average Bonchev–Trinajstić information content (AvgIpc) is 3.11. The van der Waals surface area contributed by atoms with Crippen molar-refractivity contribution in [3.8, 4) is 0 Å². The lowest BCUT2D eigenvalue weighted by molar-refractivity contribution is 0.0376. The van der Waals surface area contributed by atoms with Crippen LogP contribution in [-0.4, -0.2) is 76.8 Å². The molecule has 0 spiro atoms. The summed E-state index contributed by atoms with van der Waals surface area (Å²) < 4.78 is 7.40. The third-order valence-corrected chi connectivity index (χ3v) is 6.36. The van der Waals surface area contributed by atoms with E-state index in [1.807, 2.05) is 36.4 Å². The molecule has 3 rings (SSSR count). The van der Waals surface area contributed by atoms with Crippen molar-refractivity contribution in [2.24, 2.45) is 12.0 Å². The second kappa shape index (κ2) is 14.7. The van der Waals surface area contributed by atoms with Gasteiger partial charge in [-0.3, -0.25) is 4.90 Å². The lowest BCUT2D eigenvalue weighted by atomic mass is 10.3. The van der Waals surface area contributed by atoms with Crippen LogP contribution in [0.15, 0.2) is 40.2 Å². The Balaban J connectivity index is 0.00000363. The molecule has 0 saturated carbocycles. The van der Waals surface area contributed by atoms with Crippen molar-refractivity contribution in [3.05, 3.63) is 42.0 Å². The van der Waals surface area contributed by atoms with Crippen LogP contribution in [0.25, 0.3) is 0 Å². The topological polar surface area (TPSA) is 79.6 Å². The summed E-state index contributed by atoms with van der Waals surface area (Å²) >= 11 is 1.86. The number of benzene rings is 1. The average molecular weight is 574 g/mol. The molecule has 0 bridgehead atoms. The number of guanidine groups is 1. The van der Waals surface area contributed by atoms with E-state index >= 15 is 0 Å². The highest BCUT2D eigenvalue weighted by Crippen LogP contribution is 2.21. The molecule has 1 aromatic carbocycles. The standard InChI is InChI=1S/C22H35N7OS.HI/c1-18(31-20-8-5-4-6-9-20)16-24-22(25-17-21-27-26-19(2)28(21)3)23-10-7-11-29-12-14-30-15-13-29;/h4-6,8-9,18H,7,10-17H2,1-3H3,(H2,23,24,25);1H. The lowest BCUT2D eigenvalue weighted by Crippen LogP contribution is -2.42. The molecule has 178 valence electrons. The number of aromatic nitrogens is 3. The van der Waals surface area contributed by atoms with Gasteiger partial charge in [-0.1, -0.05) is 25.1 Å². The highest BCUT2D eigenvalue weighted by atomic mass is 127. The summed E-state index contributed by atoms with van der Waals surface area (Å²) in [7, 11) is 1.97. The van der Waals surface area contributed by atoms with E-state index in [4.69, 9.17) is 9.73 Å². The molecule has 1 unspecified atom stereocenters. The van der Waals surface area contributed by atoms with Crippen molar-refractivity contribution in [1.82, 2.24) is 30.3 Å². The number of halogens is 1. The minimum Gasteiger partial charge on any atom is -0.379 e. The molecule has 1 aliphatic rings. The van der Waals surface area contributed by atoms with Crippen LogP contribution in [0.2, 0.25) is 0 Å². The number of rotatable bonds is 10. The quantitative estimate of drug-likeness (QED) is 0.149. The number of hydrogen-bond acceptors (Lipinski definition) is 6. The SMILES string of the molecule is Cc1nnc(CN=C(NCCCN2CCOCC2)NCC(C)Sc2ccccc2)n1C.I. The summed E-state index contributed by atoms with van der Waals surface area (Å²) in [6.07, 6.45) is 1.07. The number of hydrogen-bond donors (Lipinski definition) is 2. The molecule has 1 aromatic heterocycles. The number of nitrogens with zero attached hydrogens (tertiary/aromatic N) is 5. The van der Waals surface area contributed by atoms with Crippen LogP contribution in [0, 0.1) is 6.92 Å². The second-order valence-corrected chi connectivity index (χ2v) is 9.26. The number of aryl methyl sites for hydroxylation is 1. The van der Waals surface area contributed by atoms with Gasteiger partial charge in [0.2, 0.25) is 0 Å². The summed E-state index contributed by atoms with van der Waals surface area (Å²) in [4.78, 5) is 8.50. The maximum atomic E-state index is 5.43. The zero-order valence-corrected chi connectivity index (χ0v) is 22.4. The van der Waals surface area contributed by atoms with E-state index in [1.165, 1.54) is 4.90 Å². The van der Waals surface area contributed by atoms with Crippen LogP contribution in [-0.2, 0) is 18.3 Å². The Bertz CT molecular complexity index is 812. The van der Waals surface area contributed by atoms with Gasteiger partial charge in [0, 0.05) is 43.4 Å². The van der Waals surface area contributed by atoms with Gasteiger partial charge in [0.15, 0.2) is 11.8 Å². The van der Waals surface area contributed by atoms with Crippen LogP contribution < -0.4 is 10.6 Å². The first-order chi connectivity index (χ1) is 15.1. The van der Waals surface area contributed by atoms with E-state index in [0.29, 0.717) is 11.8 Å². The van der Waals surface area contributed by atoms with E-state index in [-0.39, 0.29) is 24.0 Å². The molecule has 0 radical (unpaired) electrons. The molecule has 10 heteroatoms. The first kappa shape index (κ1) is 26.9. The number of ether oxygens (including phenoxy) is 1. The molecule has 2 aromatic rings. The number of morpholine rings is 1. The van der Waals surface area contributed by atoms with Crippen LogP contribution in [0.3, 0.4) is 0 Å². The summed E-state index contributed by atoms with van der Waals surface area (Å²) in [6.45, 7) is 11.2. The Hall–Kier alpha value is -1.37. The fraction of sp³-hybridized carbons (Fsp3) is 0.591. The van der Waals surface area contributed by atoms with E-state index < -0.39 is 0 Å². The smallest absolute Gasteiger partial charge is 0.191 e. The minimum absolute atomic E-state index is 0. The van der Waals surface area contributed by atoms with Crippen LogP contribution in [0.1, 0.15) is 25.0 Å². The molecular weight excluding hydrogens is 537 g/mol. The molecule has 1 fully saturated rings. The first-order valence-corrected chi connectivity index (χ1v) is 11.9. The van der Waals surface area contributed by atoms with Crippen LogP contribution >= 0.6 is 35.7 Å². The van der Waals surface area contributed by atoms with Crippen LogP contribution in [0.5, 0.6) is 0 Å². The van der Waals surface area contributed by atoms with Gasteiger partial charge < -0.3 is 19.9 Å². The van der Waals surface area contributed by atoms with Crippen molar-refractivity contribution in [3.63, 3.8) is 0 Å². The second-order valence-electron chi connectivity index (χ2n) is 7.74. The van der Waals surface area contributed by atoms with Gasteiger partial charge in [-0.05, 0) is 32.0 Å². The highest BCUT2D eigenvalue weighted by Gasteiger charge is 2.11. The van der Waals surface area contributed by atoms with Crippen molar-refractivity contribution in [2.75, 3.05) is 45.9 Å². The molecule has 32 heavy (non-hydrogen) atoms. The maximum Gasteiger partial charge on any atom is 0.191 e. The summed E-state index contributed by atoms with van der Waals surface area (Å²) in [6, 6.07) is 10.5. The van der Waals surface area contributed by atoms with Crippen molar-refractivity contribution >= 4 is 41.7 Å². The maximum absolute atomic E-state index is 5.43. The molecule has 1 aliphatic heterocycles. The largest absolute Gasteiger partial charge is 0.379 e. The predicted molar refractivity (Wildman–Crippen MR) is 142 cm³/mol. The van der Waals surface area contributed by atoms with E-state index in [9.17, 15) is 0 Å². The fourth-order valence-electron chi connectivity index (χ4n) is 3.26. The fourth-order valence-corrected chi connectivity index (χ4v) is 4.21. The van der Waals surface area contributed by atoms with E-state index in [0.717, 1.165) is 70.0 Å². The summed E-state index contributed by atoms with van der Waals surface area (Å²) in [5.74, 6) is 2.58. The van der Waals surface area contributed by atoms with E-state index in [1.54, 1.807) is 0 Å². The zero-order chi connectivity index (χ0) is 21.9. The Morgan fingerprint density at radius 2 is 1.94 bits per heavy atom. The predicted octanol–water partition coefficient (Wildman–Crippen LogP) is 2.68. The summed E-state index contributed by atoms with van der Waals surface area (Å²) in [5.41, 5.74) is 0. The molecule has 2 heterocycles. The van der Waals surface area contributed by atoms with Gasteiger partial charge in [0.1, 0.15) is 12.4 Å². The van der Waals surface area contributed by atoms with Crippen molar-refractivity contribution < 1.29 is 4.74 Å². The Morgan fingerprint density at radius 1 is 1.19 bits per heavy atom. The van der Waals surface area contributed by atoms with Crippen molar-refractivity contribution in [1.29, 1.82) is 0 Å². The third-order valence-electron chi connectivity index (χ3n) is 5.25. The van der Waals surface area contributed by atoms with Gasteiger partial charge in [-0.25, -0.2) is 4.99 Å². The molecule has 1 atom stereocenters. The summed E-state index contributed by atoms with van der Waals surface area (Å²) in [5, 5.41) is 15.8. The first-order valence-electron chi connectivity index (χ1n) is 11.0. The lowest BCUT2D eigenvalue weighted by Gasteiger charge is -2.26. The Labute approximate surface area is 213 Å². The van der Waals surface area contributed by atoms with Crippen LogP contribution in [0.4, 0.5) is 0 Å². The van der Waals surface area contributed by atoms with Gasteiger partial charge >= 0.3 is 0 Å². The van der Waals surface area contributed by atoms with E-state index in [2.05, 4.69) is 56.9 Å². The minimum atomic E-state index is 0. The molecule has 8 nitrogen and oxygen atoms in total. The van der Waals surface area contributed by atoms with Gasteiger partial charge in [0.25, 0.3) is 0 Å². The van der Waals surface area contributed by atoms with Gasteiger partial charge in [-0.15, -0.1) is 45.9 Å². The molecule has 0 amide bonds. The molecule has 2 N–H and O–H groups in total. The molecular formula is C22H36IN7OS. The third kappa shape index (κ3) is 9.24.